The summed E-state index contributed by atoms with van der Waals surface area (Å²) in [5, 5.41) is 8.87. The molecule has 1 rings (SSSR count). The number of hydrogen-bond donors (Lipinski definition) is 1. The largest absolute Gasteiger partial charge is 0.383 e. The normalized spacial score (nSPS) is 10.1. The van der Waals surface area contributed by atoms with Crippen molar-refractivity contribution in [1.82, 2.24) is 4.98 Å². The molecule has 0 spiro atoms. The van der Waals surface area contributed by atoms with Gasteiger partial charge in [0.1, 0.15) is 11.9 Å². The van der Waals surface area contributed by atoms with Gasteiger partial charge in [-0.2, -0.15) is 5.26 Å². The lowest BCUT2D eigenvalue weighted by Gasteiger charge is -2.10. The first-order valence-electron chi connectivity index (χ1n) is 4.23. The maximum Gasteiger partial charge on any atom is 0.141 e. The van der Waals surface area contributed by atoms with Gasteiger partial charge in [0.2, 0.25) is 0 Å². The molecule has 0 aliphatic rings. The van der Waals surface area contributed by atoms with E-state index in [4.69, 9.17) is 11.0 Å². The quantitative estimate of drug-likeness (QED) is 0.709. The number of anilines is 1. The van der Waals surface area contributed by atoms with Crippen LogP contribution in [0.1, 0.15) is 36.6 Å². The van der Waals surface area contributed by atoms with E-state index in [1.54, 1.807) is 0 Å². The third-order valence-electron chi connectivity index (χ3n) is 1.94. The van der Waals surface area contributed by atoms with Crippen LogP contribution in [0.5, 0.6) is 0 Å². The van der Waals surface area contributed by atoms with Crippen LogP contribution in [0.3, 0.4) is 0 Å². The molecule has 2 N–H and O–H groups in total. The minimum Gasteiger partial charge on any atom is -0.383 e. The van der Waals surface area contributed by atoms with E-state index in [2.05, 4.69) is 11.1 Å². The minimum atomic E-state index is 0.304. The zero-order valence-electron chi connectivity index (χ0n) is 8.13. The van der Waals surface area contributed by atoms with E-state index in [0.29, 0.717) is 17.3 Å². The molecule has 0 radical (unpaired) electrons. The Hall–Kier alpha value is -1.56. The fraction of sp³-hybridized carbons (Fsp3) is 0.400. The van der Waals surface area contributed by atoms with E-state index in [1.165, 1.54) is 0 Å². The van der Waals surface area contributed by atoms with Crippen LogP contribution < -0.4 is 5.73 Å². The van der Waals surface area contributed by atoms with Gasteiger partial charge in [0.05, 0.1) is 5.56 Å². The molecule has 0 aliphatic heterocycles. The smallest absolute Gasteiger partial charge is 0.141 e. The van der Waals surface area contributed by atoms with Crippen LogP contribution in [-0.2, 0) is 0 Å². The SMILES string of the molecule is Cc1cc(C(C)C)c(C#N)c(N)n1. The molecular formula is C10H13N3. The average molecular weight is 175 g/mol. The molecule has 0 unspecified atom stereocenters. The van der Waals surface area contributed by atoms with Crippen molar-refractivity contribution >= 4 is 5.82 Å². The van der Waals surface area contributed by atoms with Gasteiger partial charge in [-0.15, -0.1) is 0 Å². The second-order valence-electron chi connectivity index (χ2n) is 3.38. The molecule has 0 saturated heterocycles. The minimum absolute atomic E-state index is 0.304. The van der Waals surface area contributed by atoms with Crippen LogP contribution in [0, 0.1) is 18.3 Å². The maximum absolute atomic E-state index is 8.87. The molecule has 13 heavy (non-hydrogen) atoms. The summed E-state index contributed by atoms with van der Waals surface area (Å²) in [7, 11) is 0. The van der Waals surface area contributed by atoms with Crippen molar-refractivity contribution in [1.29, 1.82) is 5.26 Å². The van der Waals surface area contributed by atoms with E-state index < -0.39 is 0 Å². The fourth-order valence-electron chi connectivity index (χ4n) is 1.30. The lowest BCUT2D eigenvalue weighted by atomic mass is 9.98. The zero-order chi connectivity index (χ0) is 10.0. The molecule has 3 heteroatoms. The molecule has 0 saturated carbocycles. The van der Waals surface area contributed by atoms with Crippen molar-refractivity contribution in [3.63, 3.8) is 0 Å². The first-order valence-corrected chi connectivity index (χ1v) is 4.23. The molecule has 3 nitrogen and oxygen atoms in total. The van der Waals surface area contributed by atoms with E-state index in [1.807, 2.05) is 26.8 Å². The number of nitrogens with zero attached hydrogens (tertiary/aromatic N) is 2. The molecule has 1 aromatic heterocycles. The molecule has 68 valence electrons. The molecule has 1 aromatic rings. The molecule has 1 heterocycles. The first kappa shape index (κ1) is 9.53. The molecular weight excluding hydrogens is 162 g/mol. The average Bonchev–Trinajstić information content (AvgIpc) is 2.02. The standard InChI is InChI=1S/C10H13N3/c1-6(2)8-4-7(3)13-10(12)9(8)5-11/h4,6H,1-3H3,(H2,12,13). The molecule has 0 bridgehead atoms. The Morgan fingerprint density at radius 3 is 2.62 bits per heavy atom. The number of aromatic nitrogens is 1. The topological polar surface area (TPSA) is 62.7 Å². The van der Waals surface area contributed by atoms with E-state index in [9.17, 15) is 0 Å². The highest BCUT2D eigenvalue weighted by molar-refractivity contribution is 5.54. The van der Waals surface area contributed by atoms with Gasteiger partial charge in [0, 0.05) is 5.69 Å². The number of nitriles is 1. The maximum atomic E-state index is 8.87. The van der Waals surface area contributed by atoms with Crippen molar-refractivity contribution in [2.24, 2.45) is 0 Å². The number of hydrogen-bond acceptors (Lipinski definition) is 3. The van der Waals surface area contributed by atoms with E-state index in [-0.39, 0.29) is 0 Å². The summed E-state index contributed by atoms with van der Waals surface area (Å²) in [6.45, 7) is 5.95. The van der Waals surface area contributed by atoms with Crippen molar-refractivity contribution in [2.45, 2.75) is 26.7 Å². The van der Waals surface area contributed by atoms with Crippen LogP contribution in [0.4, 0.5) is 5.82 Å². The predicted molar refractivity (Wildman–Crippen MR) is 52.2 cm³/mol. The summed E-state index contributed by atoms with van der Waals surface area (Å²) in [6, 6.07) is 4.00. The Balaban J connectivity index is 3.41. The predicted octanol–water partition coefficient (Wildman–Crippen LogP) is 1.97. The highest BCUT2D eigenvalue weighted by Gasteiger charge is 2.10. The van der Waals surface area contributed by atoms with Gasteiger partial charge in [0.25, 0.3) is 0 Å². The van der Waals surface area contributed by atoms with E-state index in [0.717, 1.165) is 11.3 Å². The van der Waals surface area contributed by atoms with Crippen molar-refractivity contribution in [2.75, 3.05) is 5.73 Å². The zero-order valence-corrected chi connectivity index (χ0v) is 8.13. The number of rotatable bonds is 1. The lowest BCUT2D eigenvalue weighted by Crippen LogP contribution is -2.02. The number of nitrogen functional groups attached to an aromatic ring is 1. The lowest BCUT2D eigenvalue weighted by molar-refractivity contribution is 0.856. The van der Waals surface area contributed by atoms with Crippen LogP contribution in [0.25, 0.3) is 0 Å². The third-order valence-corrected chi connectivity index (χ3v) is 1.94. The summed E-state index contributed by atoms with van der Waals surface area (Å²) < 4.78 is 0. The van der Waals surface area contributed by atoms with Gasteiger partial charge >= 0.3 is 0 Å². The van der Waals surface area contributed by atoms with Gasteiger partial charge in [-0.3, -0.25) is 0 Å². The van der Waals surface area contributed by atoms with Crippen LogP contribution in [0.15, 0.2) is 6.07 Å². The summed E-state index contributed by atoms with van der Waals surface area (Å²) in [5.41, 5.74) is 7.99. The molecule has 0 aromatic carbocycles. The Morgan fingerprint density at radius 2 is 2.15 bits per heavy atom. The Morgan fingerprint density at radius 1 is 1.54 bits per heavy atom. The second-order valence-corrected chi connectivity index (χ2v) is 3.38. The van der Waals surface area contributed by atoms with Gasteiger partial charge in [-0.25, -0.2) is 4.98 Å². The van der Waals surface area contributed by atoms with E-state index >= 15 is 0 Å². The number of nitrogens with two attached hydrogens (primary N) is 1. The Bertz CT molecular complexity index is 361. The van der Waals surface area contributed by atoms with Gasteiger partial charge in [0.15, 0.2) is 0 Å². The summed E-state index contributed by atoms with van der Waals surface area (Å²) >= 11 is 0. The van der Waals surface area contributed by atoms with Gasteiger partial charge in [-0.1, -0.05) is 13.8 Å². The highest BCUT2D eigenvalue weighted by Crippen LogP contribution is 2.22. The van der Waals surface area contributed by atoms with Gasteiger partial charge < -0.3 is 5.73 Å². The first-order chi connectivity index (χ1) is 6.06. The third kappa shape index (κ3) is 1.78. The fourth-order valence-corrected chi connectivity index (χ4v) is 1.30. The number of pyridine rings is 1. The van der Waals surface area contributed by atoms with Crippen molar-refractivity contribution < 1.29 is 0 Å². The Kier molecular flexibility index (Phi) is 2.52. The van der Waals surface area contributed by atoms with Crippen LogP contribution >= 0.6 is 0 Å². The summed E-state index contributed by atoms with van der Waals surface area (Å²) in [6.07, 6.45) is 0. The Labute approximate surface area is 78.2 Å². The van der Waals surface area contributed by atoms with Crippen LogP contribution in [0.2, 0.25) is 0 Å². The number of aryl methyl sites for hydroxylation is 1. The second kappa shape index (κ2) is 3.44. The highest BCUT2D eigenvalue weighted by atomic mass is 14.8. The molecule has 0 aliphatic carbocycles. The summed E-state index contributed by atoms with van der Waals surface area (Å²) in [4.78, 5) is 4.04. The molecule has 0 amide bonds. The van der Waals surface area contributed by atoms with Crippen LogP contribution in [-0.4, -0.2) is 4.98 Å². The summed E-state index contributed by atoms with van der Waals surface area (Å²) in [5.74, 6) is 0.643. The molecule has 0 atom stereocenters. The van der Waals surface area contributed by atoms with Crippen molar-refractivity contribution in [3.05, 3.63) is 22.9 Å². The molecule has 0 fully saturated rings. The monoisotopic (exact) mass is 175 g/mol. The van der Waals surface area contributed by atoms with Crippen molar-refractivity contribution in [3.8, 4) is 6.07 Å². The van der Waals surface area contributed by atoms with Gasteiger partial charge in [-0.05, 0) is 24.5 Å².